The van der Waals surface area contributed by atoms with E-state index in [2.05, 4.69) is 13.0 Å². The van der Waals surface area contributed by atoms with Crippen LogP contribution in [0.25, 0.3) is 0 Å². The van der Waals surface area contributed by atoms with E-state index < -0.39 is 0 Å². The summed E-state index contributed by atoms with van der Waals surface area (Å²) in [6, 6.07) is 0. The van der Waals surface area contributed by atoms with E-state index in [-0.39, 0.29) is 6.61 Å². The highest BCUT2D eigenvalue weighted by Crippen LogP contribution is 2.23. The van der Waals surface area contributed by atoms with Crippen molar-refractivity contribution in [1.29, 1.82) is 0 Å². The number of aliphatic hydroxyl groups excluding tert-OH is 1. The van der Waals surface area contributed by atoms with E-state index in [0.717, 1.165) is 12.8 Å². The van der Waals surface area contributed by atoms with Gasteiger partial charge in [0, 0.05) is 0 Å². The molecule has 1 rings (SSSR count). The van der Waals surface area contributed by atoms with Crippen LogP contribution >= 0.6 is 0 Å². The Hall–Kier alpha value is -0.560. The molecular weight excluding hydrogens is 172 g/mol. The maximum Gasteiger partial charge on any atom is 0.0614 e. The molecular formula is C13H22O. The van der Waals surface area contributed by atoms with Crippen molar-refractivity contribution in [2.24, 2.45) is 0 Å². The molecule has 1 nitrogen and oxygen atoms in total. The maximum atomic E-state index is 8.69. The van der Waals surface area contributed by atoms with Gasteiger partial charge in [0.15, 0.2) is 0 Å². The molecule has 0 amide bonds. The van der Waals surface area contributed by atoms with E-state index >= 15 is 0 Å². The van der Waals surface area contributed by atoms with Crippen LogP contribution in [-0.2, 0) is 0 Å². The largest absolute Gasteiger partial charge is 0.392 e. The topological polar surface area (TPSA) is 20.2 Å². The van der Waals surface area contributed by atoms with E-state index in [0.29, 0.717) is 0 Å². The van der Waals surface area contributed by atoms with Crippen molar-refractivity contribution < 1.29 is 5.11 Å². The summed E-state index contributed by atoms with van der Waals surface area (Å²) in [7, 11) is 0. The monoisotopic (exact) mass is 194 g/mol. The van der Waals surface area contributed by atoms with Crippen LogP contribution in [0.1, 0.15) is 51.9 Å². The SMILES string of the molecule is CC(=CCO)CCC=C1CCCCC1. The van der Waals surface area contributed by atoms with E-state index in [1.54, 1.807) is 5.57 Å². The summed E-state index contributed by atoms with van der Waals surface area (Å²) in [5.41, 5.74) is 2.97. The lowest BCUT2D eigenvalue weighted by atomic mass is 9.94. The minimum Gasteiger partial charge on any atom is -0.392 e. The summed E-state index contributed by atoms with van der Waals surface area (Å²) in [6.45, 7) is 2.28. The van der Waals surface area contributed by atoms with Gasteiger partial charge in [-0.3, -0.25) is 0 Å². The average molecular weight is 194 g/mol. The Kier molecular flexibility index (Phi) is 5.62. The molecule has 0 aromatic carbocycles. The van der Waals surface area contributed by atoms with Crippen molar-refractivity contribution >= 4 is 0 Å². The van der Waals surface area contributed by atoms with E-state index in [9.17, 15) is 0 Å². The van der Waals surface area contributed by atoms with Crippen LogP contribution in [0.3, 0.4) is 0 Å². The highest BCUT2D eigenvalue weighted by Gasteiger charge is 2.03. The third-order valence-corrected chi connectivity index (χ3v) is 2.91. The highest BCUT2D eigenvalue weighted by atomic mass is 16.2. The van der Waals surface area contributed by atoms with Crippen LogP contribution in [0.5, 0.6) is 0 Å². The van der Waals surface area contributed by atoms with Crippen molar-refractivity contribution in [1.82, 2.24) is 0 Å². The minimum absolute atomic E-state index is 0.183. The predicted molar refractivity (Wildman–Crippen MR) is 61.2 cm³/mol. The summed E-state index contributed by atoms with van der Waals surface area (Å²) >= 11 is 0. The predicted octanol–water partition coefficient (Wildman–Crippen LogP) is 3.60. The van der Waals surface area contributed by atoms with Gasteiger partial charge in [-0.2, -0.15) is 0 Å². The number of hydrogen-bond donors (Lipinski definition) is 1. The Balaban J connectivity index is 2.21. The molecule has 1 saturated carbocycles. The Bertz CT molecular complexity index is 205. The quantitative estimate of drug-likeness (QED) is 0.678. The van der Waals surface area contributed by atoms with E-state index in [4.69, 9.17) is 5.11 Å². The second kappa shape index (κ2) is 6.83. The molecule has 0 spiro atoms. The molecule has 0 bridgehead atoms. The van der Waals surface area contributed by atoms with Crippen LogP contribution in [0, 0.1) is 0 Å². The van der Waals surface area contributed by atoms with Gasteiger partial charge in [0.25, 0.3) is 0 Å². The summed E-state index contributed by atoms with van der Waals surface area (Å²) < 4.78 is 0. The zero-order valence-corrected chi connectivity index (χ0v) is 9.26. The molecule has 0 aromatic rings. The van der Waals surface area contributed by atoms with Gasteiger partial charge < -0.3 is 5.11 Å². The number of allylic oxidation sites excluding steroid dienone is 3. The molecule has 1 heteroatoms. The molecule has 1 N–H and O–H groups in total. The zero-order chi connectivity index (χ0) is 10.2. The molecule has 0 atom stereocenters. The molecule has 80 valence electrons. The first kappa shape index (κ1) is 11.5. The van der Waals surface area contributed by atoms with Gasteiger partial charge in [-0.05, 0) is 45.4 Å². The fraction of sp³-hybridized carbons (Fsp3) is 0.692. The Morgan fingerprint density at radius 1 is 1.29 bits per heavy atom. The van der Waals surface area contributed by atoms with Crippen LogP contribution in [0.2, 0.25) is 0 Å². The van der Waals surface area contributed by atoms with Crippen molar-refractivity contribution in [2.45, 2.75) is 51.9 Å². The third kappa shape index (κ3) is 4.61. The number of rotatable bonds is 4. The summed E-state index contributed by atoms with van der Waals surface area (Å²) in [4.78, 5) is 0. The normalized spacial score (nSPS) is 18.4. The maximum absolute atomic E-state index is 8.69. The molecule has 1 aliphatic carbocycles. The van der Waals surface area contributed by atoms with Crippen LogP contribution in [-0.4, -0.2) is 11.7 Å². The lowest BCUT2D eigenvalue weighted by Crippen LogP contribution is -1.93. The lowest BCUT2D eigenvalue weighted by molar-refractivity contribution is 0.341. The van der Waals surface area contributed by atoms with Gasteiger partial charge in [0.05, 0.1) is 6.61 Å². The molecule has 14 heavy (non-hydrogen) atoms. The molecule has 0 radical (unpaired) electrons. The van der Waals surface area contributed by atoms with Crippen LogP contribution in [0.15, 0.2) is 23.3 Å². The van der Waals surface area contributed by atoms with Crippen molar-refractivity contribution in [2.75, 3.05) is 6.61 Å². The average Bonchev–Trinajstić information content (AvgIpc) is 2.20. The minimum atomic E-state index is 0.183. The smallest absolute Gasteiger partial charge is 0.0614 e. The summed E-state index contributed by atoms with van der Waals surface area (Å²) in [5.74, 6) is 0. The van der Waals surface area contributed by atoms with Gasteiger partial charge in [-0.1, -0.05) is 29.7 Å². The molecule has 1 aliphatic rings. The van der Waals surface area contributed by atoms with Gasteiger partial charge in [-0.25, -0.2) is 0 Å². The fourth-order valence-corrected chi connectivity index (χ4v) is 1.97. The molecule has 0 saturated heterocycles. The molecule has 0 unspecified atom stereocenters. The highest BCUT2D eigenvalue weighted by molar-refractivity contribution is 5.06. The standard InChI is InChI=1S/C13H22O/c1-12(10-11-14)6-5-9-13-7-3-2-4-8-13/h9-10,14H,2-8,11H2,1H3. The first-order chi connectivity index (χ1) is 6.83. The summed E-state index contributed by atoms with van der Waals surface area (Å²) in [6.07, 6.45) is 13.4. The summed E-state index contributed by atoms with van der Waals surface area (Å²) in [5, 5.41) is 8.69. The van der Waals surface area contributed by atoms with Crippen LogP contribution in [0.4, 0.5) is 0 Å². The first-order valence-corrected chi connectivity index (χ1v) is 5.77. The number of hydrogen-bond acceptors (Lipinski definition) is 1. The third-order valence-electron chi connectivity index (χ3n) is 2.91. The van der Waals surface area contributed by atoms with Crippen LogP contribution < -0.4 is 0 Å². The van der Waals surface area contributed by atoms with E-state index in [1.807, 2.05) is 6.08 Å². The molecule has 0 heterocycles. The number of aliphatic hydroxyl groups is 1. The van der Waals surface area contributed by atoms with Gasteiger partial charge in [0.2, 0.25) is 0 Å². The Morgan fingerprint density at radius 2 is 2.00 bits per heavy atom. The van der Waals surface area contributed by atoms with Crippen molar-refractivity contribution in [3.05, 3.63) is 23.3 Å². The Labute approximate surface area is 87.5 Å². The first-order valence-electron chi connectivity index (χ1n) is 5.77. The van der Waals surface area contributed by atoms with Gasteiger partial charge in [-0.15, -0.1) is 0 Å². The van der Waals surface area contributed by atoms with Crippen molar-refractivity contribution in [3.63, 3.8) is 0 Å². The molecule has 0 aromatic heterocycles. The second-order valence-corrected chi connectivity index (χ2v) is 4.19. The van der Waals surface area contributed by atoms with Crippen molar-refractivity contribution in [3.8, 4) is 0 Å². The lowest BCUT2D eigenvalue weighted by Gasteiger charge is -2.13. The van der Waals surface area contributed by atoms with Gasteiger partial charge in [0.1, 0.15) is 0 Å². The molecule has 1 fully saturated rings. The molecule has 0 aliphatic heterocycles. The fourth-order valence-electron chi connectivity index (χ4n) is 1.97. The van der Waals surface area contributed by atoms with Gasteiger partial charge >= 0.3 is 0 Å². The van der Waals surface area contributed by atoms with E-state index in [1.165, 1.54) is 37.7 Å². The Morgan fingerprint density at radius 3 is 2.64 bits per heavy atom. The zero-order valence-electron chi connectivity index (χ0n) is 9.26. The second-order valence-electron chi connectivity index (χ2n) is 4.19.